The van der Waals surface area contributed by atoms with E-state index in [0.717, 1.165) is 18.4 Å². The number of methoxy groups -OCH3 is 1. The standard InChI is InChI=1S/C21H21N2O5S.3CH3.Sn/c1-28-14-16-8-5-11-23(16)29(26,27)17-9-10-19-18(12-17)20(24)21(25)22(19)13-15-6-3-2-4-7-15;;;;/h3-4,6-7,9-10,12,16H,5,8,11,13-14H2,1H3;3*1H3;/t16-;;;;/m0..../s1. The third-order valence-corrected chi connectivity index (χ3v) is 14.2. The summed E-state index contributed by atoms with van der Waals surface area (Å²) in [6, 6.07) is 12.5. The normalized spacial score (nSPS) is 19.4. The molecule has 4 rings (SSSR count). The van der Waals surface area contributed by atoms with Crippen LogP contribution in [0.5, 0.6) is 0 Å². The molecule has 2 aliphatic rings. The van der Waals surface area contributed by atoms with Crippen molar-refractivity contribution in [3.63, 3.8) is 0 Å². The number of ketones is 1. The van der Waals surface area contributed by atoms with Gasteiger partial charge in [0.05, 0.1) is 6.61 Å². The molecule has 1 fully saturated rings. The van der Waals surface area contributed by atoms with Crippen LogP contribution in [0.3, 0.4) is 0 Å². The molecule has 2 aromatic carbocycles. The zero-order valence-electron chi connectivity index (χ0n) is 19.5. The zero-order valence-corrected chi connectivity index (χ0v) is 23.2. The fraction of sp³-hybridized carbons (Fsp3) is 0.417. The number of rotatable bonds is 7. The molecule has 1 amide bonds. The molecule has 2 aromatic rings. The molecule has 33 heavy (non-hydrogen) atoms. The van der Waals surface area contributed by atoms with Crippen molar-refractivity contribution >= 4 is 49.4 Å². The average molecular weight is 577 g/mol. The molecule has 0 bridgehead atoms. The Bertz CT molecular complexity index is 1190. The van der Waals surface area contributed by atoms with Crippen molar-refractivity contribution in [1.82, 2.24) is 4.31 Å². The first-order valence-electron chi connectivity index (χ1n) is 11.1. The van der Waals surface area contributed by atoms with Crippen LogP contribution in [0.2, 0.25) is 14.8 Å². The van der Waals surface area contributed by atoms with E-state index in [2.05, 4.69) is 27.0 Å². The van der Waals surface area contributed by atoms with Gasteiger partial charge in [-0.05, 0) is 12.8 Å². The molecule has 0 aromatic heterocycles. The van der Waals surface area contributed by atoms with Crippen molar-refractivity contribution in [2.24, 2.45) is 0 Å². The van der Waals surface area contributed by atoms with E-state index < -0.39 is 40.1 Å². The molecule has 0 aliphatic carbocycles. The van der Waals surface area contributed by atoms with Crippen molar-refractivity contribution in [1.29, 1.82) is 0 Å². The Morgan fingerprint density at radius 3 is 2.39 bits per heavy atom. The number of benzene rings is 2. The van der Waals surface area contributed by atoms with Crippen molar-refractivity contribution < 1.29 is 22.7 Å². The Morgan fingerprint density at radius 1 is 1.06 bits per heavy atom. The van der Waals surface area contributed by atoms with Crippen molar-refractivity contribution in [2.75, 3.05) is 25.2 Å². The first-order valence-corrected chi connectivity index (χ1v) is 22.6. The molecule has 1 atom stereocenters. The molecule has 2 heterocycles. The predicted molar refractivity (Wildman–Crippen MR) is 130 cm³/mol. The number of sulfonamides is 1. The zero-order chi connectivity index (χ0) is 24.0. The fourth-order valence-electron chi connectivity index (χ4n) is 4.51. The molecule has 1 saturated heterocycles. The summed E-state index contributed by atoms with van der Waals surface area (Å²) in [4.78, 5) is 34.0. The number of carbonyl (C=O) groups excluding carboxylic acids is 2. The van der Waals surface area contributed by atoms with Gasteiger partial charge in [-0.2, -0.15) is 0 Å². The first-order chi connectivity index (χ1) is 15.5. The third kappa shape index (κ3) is 4.62. The SMILES string of the molecule is COC[C@@H]1CCCN1S(=O)(=O)c1ccc2c(c1)C(=O)C(=O)N2Cc1cc[c]([Sn]([CH3])([CH3])[CH3])cc1. The number of nitrogens with zero attached hydrogens (tertiary/aromatic N) is 2. The molecule has 0 radical (unpaired) electrons. The van der Waals surface area contributed by atoms with Gasteiger partial charge in [-0.15, -0.1) is 0 Å². The number of hydrogen-bond donors (Lipinski definition) is 0. The van der Waals surface area contributed by atoms with Crippen LogP contribution in [-0.2, 0) is 26.1 Å². The van der Waals surface area contributed by atoms with Gasteiger partial charge in [0.15, 0.2) is 0 Å². The van der Waals surface area contributed by atoms with Gasteiger partial charge in [0.2, 0.25) is 0 Å². The number of hydrogen-bond acceptors (Lipinski definition) is 5. The van der Waals surface area contributed by atoms with Gasteiger partial charge in [0.1, 0.15) is 0 Å². The quantitative estimate of drug-likeness (QED) is 0.374. The topological polar surface area (TPSA) is 84.0 Å². The molecular formula is C24H30N2O5SSn. The summed E-state index contributed by atoms with van der Waals surface area (Å²) in [5.74, 6) is -1.29. The molecule has 0 saturated carbocycles. The second kappa shape index (κ2) is 9.13. The summed E-state index contributed by atoms with van der Waals surface area (Å²) in [5, 5.41) is 0. The van der Waals surface area contributed by atoms with Crippen LogP contribution in [0, 0.1) is 0 Å². The van der Waals surface area contributed by atoms with Crippen molar-refractivity contribution in [2.45, 2.75) is 45.1 Å². The van der Waals surface area contributed by atoms with Crippen LogP contribution in [0.15, 0.2) is 47.4 Å². The molecular weight excluding hydrogens is 547 g/mol. The first kappa shape index (κ1) is 24.4. The Morgan fingerprint density at radius 2 is 1.76 bits per heavy atom. The van der Waals surface area contributed by atoms with Gasteiger partial charge >= 0.3 is 156 Å². The molecule has 0 N–H and O–H groups in total. The van der Waals surface area contributed by atoms with Crippen molar-refractivity contribution in [3.05, 3.63) is 53.6 Å². The van der Waals surface area contributed by atoms with Crippen LogP contribution >= 0.6 is 0 Å². The Hall–Kier alpha value is -1.75. The Balaban J connectivity index is 1.62. The van der Waals surface area contributed by atoms with Gasteiger partial charge in [-0.25, -0.2) is 0 Å². The molecule has 9 heteroatoms. The van der Waals surface area contributed by atoms with Gasteiger partial charge in [0, 0.05) is 19.7 Å². The maximum atomic E-state index is 13.3. The minimum absolute atomic E-state index is 0.0364. The van der Waals surface area contributed by atoms with Gasteiger partial charge < -0.3 is 4.74 Å². The molecule has 7 nitrogen and oxygen atoms in total. The van der Waals surface area contributed by atoms with E-state index >= 15 is 0 Å². The summed E-state index contributed by atoms with van der Waals surface area (Å²) in [7, 11) is -2.24. The van der Waals surface area contributed by atoms with Gasteiger partial charge in [0.25, 0.3) is 0 Å². The molecule has 0 spiro atoms. The number of fused-ring (bicyclic) bond motifs is 1. The fourth-order valence-corrected chi connectivity index (χ4v) is 9.55. The van der Waals surface area contributed by atoms with E-state index in [4.69, 9.17) is 4.74 Å². The number of anilines is 1. The summed E-state index contributed by atoms with van der Waals surface area (Å²) in [5.41, 5.74) is 1.53. The number of Topliss-reactive ketones (excluding diaryl/α,β-unsaturated/α-hetero) is 1. The molecule has 0 unspecified atom stereocenters. The van der Waals surface area contributed by atoms with E-state index in [-0.39, 0.29) is 23.0 Å². The summed E-state index contributed by atoms with van der Waals surface area (Å²) in [6.07, 6.45) is 1.50. The van der Waals surface area contributed by atoms with E-state index in [1.807, 2.05) is 12.1 Å². The Kier molecular flexibility index (Phi) is 6.74. The van der Waals surface area contributed by atoms with Crippen LogP contribution in [0.25, 0.3) is 0 Å². The summed E-state index contributed by atoms with van der Waals surface area (Å²) in [6.45, 7) is 1.01. The van der Waals surface area contributed by atoms with Crippen LogP contribution in [-0.4, -0.2) is 69.1 Å². The van der Waals surface area contributed by atoms with E-state index in [0.29, 0.717) is 18.8 Å². The van der Waals surface area contributed by atoms with E-state index in [1.54, 1.807) is 13.2 Å². The third-order valence-electron chi connectivity index (χ3n) is 6.39. The average Bonchev–Trinajstić information content (AvgIpc) is 3.33. The number of carbonyl (C=O) groups is 2. The van der Waals surface area contributed by atoms with Crippen LogP contribution in [0.1, 0.15) is 28.8 Å². The second-order valence-electron chi connectivity index (χ2n) is 9.71. The van der Waals surface area contributed by atoms with Crippen molar-refractivity contribution in [3.8, 4) is 0 Å². The van der Waals surface area contributed by atoms with Crippen LogP contribution < -0.4 is 8.48 Å². The predicted octanol–water partition coefficient (Wildman–Crippen LogP) is 2.76. The molecule has 176 valence electrons. The minimum atomic E-state index is -3.79. The van der Waals surface area contributed by atoms with E-state index in [1.165, 1.54) is 24.9 Å². The summed E-state index contributed by atoms with van der Waals surface area (Å²) < 4.78 is 34.5. The van der Waals surface area contributed by atoms with Gasteiger partial charge in [-0.3, -0.25) is 0 Å². The number of amides is 1. The van der Waals surface area contributed by atoms with Gasteiger partial charge in [-0.1, -0.05) is 0 Å². The van der Waals surface area contributed by atoms with E-state index in [9.17, 15) is 18.0 Å². The maximum absolute atomic E-state index is 13.3. The number of ether oxygens (including phenoxy) is 1. The second-order valence-corrected chi connectivity index (χ2v) is 26.1. The van der Waals surface area contributed by atoms with Crippen LogP contribution in [0.4, 0.5) is 5.69 Å². The Labute approximate surface area is 199 Å². The summed E-state index contributed by atoms with van der Waals surface area (Å²) >= 11 is -2.17. The monoisotopic (exact) mass is 578 g/mol. The molecule has 2 aliphatic heterocycles.